The molecule has 0 aliphatic rings. The van der Waals surface area contributed by atoms with Crippen LogP contribution in [0, 0.1) is 5.92 Å². The number of nitrogens with one attached hydrogen (secondary N) is 1. The molecule has 0 spiro atoms. The number of benzene rings is 1. The topological polar surface area (TPSA) is 12.0 Å². The van der Waals surface area contributed by atoms with E-state index in [2.05, 4.69) is 63.4 Å². The molecule has 0 aliphatic heterocycles. The fraction of sp³-hybridized carbons (Fsp3) is 0.529. The summed E-state index contributed by atoms with van der Waals surface area (Å²) in [5, 5.41) is 3.35. The lowest BCUT2D eigenvalue weighted by molar-refractivity contribution is 0.647. The lowest BCUT2D eigenvalue weighted by Crippen LogP contribution is -2.13. The first-order valence-electron chi connectivity index (χ1n) is 7.10. The fourth-order valence-electron chi connectivity index (χ4n) is 2.10. The Bertz CT molecular complexity index is 377. The Labute approximate surface area is 112 Å². The van der Waals surface area contributed by atoms with Crippen LogP contribution in [0.1, 0.15) is 45.2 Å². The second kappa shape index (κ2) is 8.10. The van der Waals surface area contributed by atoms with Crippen LogP contribution in [0.15, 0.2) is 30.3 Å². The van der Waals surface area contributed by atoms with Gasteiger partial charge in [-0.15, -0.1) is 0 Å². The minimum Gasteiger partial charge on any atom is -0.317 e. The summed E-state index contributed by atoms with van der Waals surface area (Å²) < 4.78 is 0. The average Bonchev–Trinajstić information content (AvgIpc) is 2.34. The van der Waals surface area contributed by atoms with Crippen molar-refractivity contribution < 1.29 is 0 Å². The van der Waals surface area contributed by atoms with Crippen LogP contribution in [-0.2, 0) is 6.42 Å². The molecule has 0 saturated carbocycles. The Morgan fingerprint density at radius 2 is 2.11 bits per heavy atom. The third kappa shape index (κ3) is 5.50. The van der Waals surface area contributed by atoms with Crippen molar-refractivity contribution in [3.05, 3.63) is 41.5 Å². The van der Waals surface area contributed by atoms with E-state index >= 15 is 0 Å². The molecule has 1 aromatic rings. The summed E-state index contributed by atoms with van der Waals surface area (Å²) in [5.41, 5.74) is 4.20. The summed E-state index contributed by atoms with van der Waals surface area (Å²) >= 11 is 0. The highest BCUT2D eigenvalue weighted by Gasteiger charge is 2.00. The Balaban J connectivity index is 2.64. The molecule has 100 valence electrons. The van der Waals surface area contributed by atoms with Crippen molar-refractivity contribution in [2.75, 3.05) is 13.1 Å². The molecule has 0 aromatic heterocycles. The van der Waals surface area contributed by atoms with E-state index in [1.54, 1.807) is 0 Å². The molecule has 0 heterocycles. The van der Waals surface area contributed by atoms with Gasteiger partial charge in [0.05, 0.1) is 0 Å². The van der Waals surface area contributed by atoms with Gasteiger partial charge in [-0.2, -0.15) is 0 Å². The van der Waals surface area contributed by atoms with Gasteiger partial charge >= 0.3 is 0 Å². The zero-order chi connectivity index (χ0) is 13.4. The zero-order valence-corrected chi connectivity index (χ0v) is 12.3. The summed E-state index contributed by atoms with van der Waals surface area (Å²) in [5.74, 6) is 0.721. The third-order valence-electron chi connectivity index (χ3n) is 3.05. The van der Waals surface area contributed by atoms with E-state index in [1.807, 2.05) is 0 Å². The van der Waals surface area contributed by atoms with Gasteiger partial charge < -0.3 is 5.32 Å². The molecule has 1 aromatic carbocycles. The van der Waals surface area contributed by atoms with Crippen LogP contribution in [0.3, 0.4) is 0 Å². The Kier molecular flexibility index (Phi) is 6.74. The van der Waals surface area contributed by atoms with E-state index in [-0.39, 0.29) is 0 Å². The average molecular weight is 245 g/mol. The van der Waals surface area contributed by atoms with Crippen LogP contribution < -0.4 is 5.32 Å². The molecule has 0 radical (unpaired) electrons. The molecule has 0 aliphatic carbocycles. The molecule has 0 unspecified atom stereocenters. The van der Waals surface area contributed by atoms with Gasteiger partial charge in [-0.3, -0.25) is 0 Å². The second-order valence-electron chi connectivity index (χ2n) is 5.33. The summed E-state index contributed by atoms with van der Waals surface area (Å²) in [7, 11) is 0. The minimum absolute atomic E-state index is 0.721. The molecule has 0 fully saturated rings. The van der Waals surface area contributed by atoms with Gasteiger partial charge in [-0.05, 0) is 55.5 Å². The second-order valence-corrected chi connectivity index (χ2v) is 5.33. The van der Waals surface area contributed by atoms with Gasteiger partial charge in [0.15, 0.2) is 0 Å². The standard InChI is InChI=1S/C17H27N/c1-5-18-11-7-8-15(4)17-10-6-9-16(13-17)12-14(2)3/h6,8-10,13-14,18H,5,7,11-12H2,1-4H3/b15-8-. The highest BCUT2D eigenvalue weighted by atomic mass is 14.8. The molecule has 0 saturated heterocycles. The monoisotopic (exact) mass is 245 g/mol. The molecule has 1 nitrogen and oxygen atoms in total. The molecule has 1 N–H and O–H groups in total. The predicted molar refractivity (Wildman–Crippen MR) is 81.8 cm³/mol. The summed E-state index contributed by atoms with van der Waals surface area (Å²) in [6.45, 7) is 11.0. The van der Waals surface area contributed by atoms with Crippen molar-refractivity contribution in [3.8, 4) is 0 Å². The van der Waals surface area contributed by atoms with Crippen molar-refractivity contribution in [1.29, 1.82) is 0 Å². The van der Waals surface area contributed by atoms with Gasteiger partial charge in [-0.25, -0.2) is 0 Å². The minimum atomic E-state index is 0.721. The summed E-state index contributed by atoms with van der Waals surface area (Å²) in [6, 6.07) is 8.95. The van der Waals surface area contributed by atoms with Crippen molar-refractivity contribution in [1.82, 2.24) is 5.32 Å². The largest absolute Gasteiger partial charge is 0.317 e. The van der Waals surface area contributed by atoms with Crippen LogP contribution in [0.2, 0.25) is 0 Å². The third-order valence-corrected chi connectivity index (χ3v) is 3.05. The lowest BCUT2D eigenvalue weighted by atomic mass is 9.98. The molecule has 1 rings (SSSR count). The first-order chi connectivity index (χ1) is 8.63. The first-order valence-corrected chi connectivity index (χ1v) is 7.10. The molecule has 18 heavy (non-hydrogen) atoms. The van der Waals surface area contributed by atoms with E-state index in [4.69, 9.17) is 0 Å². The summed E-state index contributed by atoms with van der Waals surface area (Å²) in [6.07, 6.45) is 4.60. The van der Waals surface area contributed by atoms with E-state index in [1.165, 1.54) is 23.1 Å². The van der Waals surface area contributed by atoms with E-state index in [0.29, 0.717) is 0 Å². The molecular weight excluding hydrogens is 218 g/mol. The van der Waals surface area contributed by atoms with Crippen molar-refractivity contribution in [3.63, 3.8) is 0 Å². The molecular formula is C17H27N. The lowest BCUT2D eigenvalue weighted by Gasteiger charge is -2.08. The van der Waals surface area contributed by atoms with Crippen LogP contribution >= 0.6 is 0 Å². The zero-order valence-electron chi connectivity index (χ0n) is 12.3. The SMILES string of the molecule is CCNCC/C=C(/C)c1cccc(CC(C)C)c1. The quantitative estimate of drug-likeness (QED) is 0.707. The highest BCUT2D eigenvalue weighted by Crippen LogP contribution is 2.17. The van der Waals surface area contributed by atoms with Crippen molar-refractivity contribution in [2.24, 2.45) is 5.92 Å². The maximum Gasteiger partial charge on any atom is -0.00142 e. The fourth-order valence-corrected chi connectivity index (χ4v) is 2.10. The number of allylic oxidation sites excluding steroid dienone is 1. The molecule has 0 atom stereocenters. The Hall–Kier alpha value is -1.08. The number of hydrogen-bond acceptors (Lipinski definition) is 1. The van der Waals surface area contributed by atoms with Crippen LogP contribution in [0.4, 0.5) is 0 Å². The van der Waals surface area contributed by atoms with Crippen LogP contribution in [0.5, 0.6) is 0 Å². The van der Waals surface area contributed by atoms with Crippen molar-refractivity contribution >= 4 is 5.57 Å². The summed E-state index contributed by atoms with van der Waals surface area (Å²) in [4.78, 5) is 0. The van der Waals surface area contributed by atoms with E-state index in [9.17, 15) is 0 Å². The van der Waals surface area contributed by atoms with Crippen LogP contribution in [0.25, 0.3) is 5.57 Å². The highest BCUT2D eigenvalue weighted by molar-refractivity contribution is 5.64. The maximum atomic E-state index is 3.35. The Morgan fingerprint density at radius 1 is 1.33 bits per heavy atom. The first kappa shape index (κ1) is 15.0. The normalized spacial score (nSPS) is 12.2. The number of hydrogen-bond donors (Lipinski definition) is 1. The van der Waals surface area contributed by atoms with Gasteiger partial charge in [0.25, 0.3) is 0 Å². The van der Waals surface area contributed by atoms with Gasteiger partial charge in [0.2, 0.25) is 0 Å². The molecule has 0 amide bonds. The van der Waals surface area contributed by atoms with E-state index in [0.717, 1.165) is 25.4 Å². The van der Waals surface area contributed by atoms with Gasteiger partial charge in [-0.1, -0.05) is 51.1 Å². The van der Waals surface area contributed by atoms with E-state index < -0.39 is 0 Å². The van der Waals surface area contributed by atoms with Gasteiger partial charge in [0.1, 0.15) is 0 Å². The van der Waals surface area contributed by atoms with Crippen LogP contribution in [-0.4, -0.2) is 13.1 Å². The Morgan fingerprint density at radius 3 is 2.78 bits per heavy atom. The maximum absolute atomic E-state index is 3.35. The predicted octanol–water partition coefficient (Wildman–Crippen LogP) is 4.29. The molecule has 1 heteroatoms. The smallest absolute Gasteiger partial charge is 0.00142 e. The van der Waals surface area contributed by atoms with Gasteiger partial charge in [0, 0.05) is 0 Å². The van der Waals surface area contributed by atoms with Crippen molar-refractivity contribution in [2.45, 2.75) is 40.5 Å². The number of rotatable bonds is 7. The molecule has 0 bridgehead atoms.